The van der Waals surface area contributed by atoms with Crippen molar-refractivity contribution in [2.45, 2.75) is 45.1 Å². The van der Waals surface area contributed by atoms with Crippen molar-refractivity contribution in [1.82, 2.24) is 0 Å². The Morgan fingerprint density at radius 3 is 2.75 bits per heavy atom. The molecule has 0 radical (unpaired) electrons. The summed E-state index contributed by atoms with van der Waals surface area (Å²) in [5.74, 6) is 0.408. The van der Waals surface area contributed by atoms with Gasteiger partial charge >= 0.3 is 0 Å². The van der Waals surface area contributed by atoms with Gasteiger partial charge in [0.2, 0.25) is 0 Å². The van der Waals surface area contributed by atoms with Gasteiger partial charge in [-0.25, -0.2) is 0 Å². The fourth-order valence-corrected chi connectivity index (χ4v) is 1.76. The van der Waals surface area contributed by atoms with Crippen molar-refractivity contribution < 1.29 is 9.84 Å². The minimum absolute atomic E-state index is 0.101. The Kier molecular flexibility index (Phi) is 4.62. The summed E-state index contributed by atoms with van der Waals surface area (Å²) in [7, 11) is 0. The van der Waals surface area contributed by atoms with Crippen molar-refractivity contribution in [3.63, 3.8) is 0 Å². The van der Waals surface area contributed by atoms with Crippen molar-refractivity contribution >= 4 is 0 Å². The van der Waals surface area contributed by atoms with Gasteiger partial charge in [0.25, 0.3) is 0 Å². The first-order chi connectivity index (χ1) is 5.84. The predicted octanol–water partition coefficient (Wildman–Crippen LogP) is 1.96. The van der Waals surface area contributed by atoms with E-state index in [1.807, 2.05) is 0 Å². The number of rotatable bonds is 4. The van der Waals surface area contributed by atoms with Gasteiger partial charge in [-0.1, -0.05) is 19.8 Å². The number of hydrogen-bond donors (Lipinski definition) is 1. The summed E-state index contributed by atoms with van der Waals surface area (Å²) in [4.78, 5) is 0. The van der Waals surface area contributed by atoms with Gasteiger partial charge < -0.3 is 9.84 Å². The molecule has 0 bridgehead atoms. The maximum Gasteiger partial charge on any atom is 0.0590 e. The molecule has 2 atom stereocenters. The van der Waals surface area contributed by atoms with Crippen molar-refractivity contribution in [3.8, 4) is 0 Å². The molecule has 0 amide bonds. The highest BCUT2D eigenvalue weighted by Crippen LogP contribution is 2.24. The Balaban J connectivity index is 2.11. The molecular weight excluding hydrogens is 152 g/mol. The van der Waals surface area contributed by atoms with Gasteiger partial charge in [0.1, 0.15) is 0 Å². The molecule has 1 fully saturated rings. The summed E-state index contributed by atoms with van der Waals surface area (Å²) < 4.78 is 5.43. The molecule has 1 rings (SSSR count). The fourth-order valence-electron chi connectivity index (χ4n) is 1.76. The summed E-state index contributed by atoms with van der Waals surface area (Å²) in [6, 6.07) is 0. The van der Waals surface area contributed by atoms with E-state index >= 15 is 0 Å². The first kappa shape index (κ1) is 10.0. The van der Waals surface area contributed by atoms with E-state index in [1.165, 1.54) is 12.8 Å². The van der Waals surface area contributed by atoms with Crippen LogP contribution in [0.3, 0.4) is 0 Å². The van der Waals surface area contributed by atoms with Gasteiger partial charge in [0.15, 0.2) is 0 Å². The summed E-state index contributed by atoms with van der Waals surface area (Å²) in [5.41, 5.74) is 0. The highest BCUT2D eigenvalue weighted by Gasteiger charge is 2.22. The Labute approximate surface area is 74.9 Å². The second kappa shape index (κ2) is 5.55. The van der Waals surface area contributed by atoms with Crippen LogP contribution in [-0.2, 0) is 4.74 Å². The maximum atomic E-state index is 9.59. The zero-order valence-electron chi connectivity index (χ0n) is 7.96. The van der Waals surface area contributed by atoms with Gasteiger partial charge in [-0.15, -0.1) is 0 Å². The average Bonchev–Trinajstić information content (AvgIpc) is 2.09. The van der Waals surface area contributed by atoms with E-state index in [-0.39, 0.29) is 6.10 Å². The van der Waals surface area contributed by atoms with Crippen molar-refractivity contribution in [2.75, 3.05) is 13.2 Å². The molecule has 1 saturated carbocycles. The number of aliphatic hydroxyl groups is 1. The summed E-state index contributed by atoms with van der Waals surface area (Å²) in [6.45, 7) is 3.70. The topological polar surface area (TPSA) is 29.5 Å². The third-order valence-electron chi connectivity index (χ3n) is 2.55. The highest BCUT2D eigenvalue weighted by atomic mass is 16.5. The number of aliphatic hydroxyl groups excluding tert-OH is 1. The predicted molar refractivity (Wildman–Crippen MR) is 49.1 cm³/mol. The van der Waals surface area contributed by atoms with E-state index in [1.54, 1.807) is 0 Å². The number of ether oxygens (including phenoxy) is 1. The zero-order valence-corrected chi connectivity index (χ0v) is 7.96. The van der Waals surface area contributed by atoms with Crippen LogP contribution in [0.4, 0.5) is 0 Å². The molecule has 1 aliphatic rings. The van der Waals surface area contributed by atoms with Crippen LogP contribution in [0.1, 0.15) is 39.0 Å². The Bertz CT molecular complexity index is 114. The van der Waals surface area contributed by atoms with E-state index in [9.17, 15) is 5.11 Å². The Hall–Kier alpha value is -0.0800. The fraction of sp³-hybridized carbons (Fsp3) is 1.00. The molecule has 72 valence electrons. The maximum absolute atomic E-state index is 9.59. The smallest absolute Gasteiger partial charge is 0.0590 e. The third-order valence-corrected chi connectivity index (χ3v) is 2.55. The minimum atomic E-state index is -0.101. The van der Waals surface area contributed by atoms with Crippen LogP contribution in [0, 0.1) is 5.92 Å². The lowest BCUT2D eigenvalue weighted by Crippen LogP contribution is -2.28. The largest absolute Gasteiger partial charge is 0.393 e. The van der Waals surface area contributed by atoms with Crippen LogP contribution in [0.2, 0.25) is 0 Å². The Morgan fingerprint density at radius 2 is 2.08 bits per heavy atom. The zero-order chi connectivity index (χ0) is 8.81. The van der Waals surface area contributed by atoms with E-state index in [0.29, 0.717) is 5.92 Å². The van der Waals surface area contributed by atoms with Crippen LogP contribution in [0.5, 0.6) is 0 Å². The second-order valence-corrected chi connectivity index (χ2v) is 3.69. The van der Waals surface area contributed by atoms with Crippen molar-refractivity contribution in [3.05, 3.63) is 0 Å². The Morgan fingerprint density at radius 1 is 1.33 bits per heavy atom. The lowest BCUT2D eigenvalue weighted by atomic mass is 9.87. The minimum Gasteiger partial charge on any atom is -0.393 e. The van der Waals surface area contributed by atoms with E-state index in [0.717, 1.165) is 32.5 Å². The molecule has 0 aromatic carbocycles. The molecule has 0 aromatic heterocycles. The average molecular weight is 172 g/mol. The molecule has 0 spiro atoms. The first-order valence-corrected chi connectivity index (χ1v) is 5.10. The molecule has 2 heteroatoms. The molecule has 1 aliphatic carbocycles. The van der Waals surface area contributed by atoms with Gasteiger partial charge in [0.05, 0.1) is 12.7 Å². The third kappa shape index (κ3) is 3.11. The van der Waals surface area contributed by atoms with Crippen LogP contribution in [0.15, 0.2) is 0 Å². The monoisotopic (exact) mass is 172 g/mol. The van der Waals surface area contributed by atoms with Crippen LogP contribution in [-0.4, -0.2) is 24.4 Å². The van der Waals surface area contributed by atoms with Gasteiger partial charge in [0, 0.05) is 12.5 Å². The molecule has 0 aromatic rings. The summed E-state index contributed by atoms with van der Waals surface area (Å²) in [6.07, 6.45) is 5.53. The molecule has 1 N–H and O–H groups in total. The summed E-state index contributed by atoms with van der Waals surface area (Å²) >= 11 is 0. The van der Waals surface area contributed by atoms with Crippen molar-refractivity contribution in [2.24, 2.45) is 5.92 Å². The van der Waals surface area contributed by atoms with E-state index in [2.05, 4.69) is 6.92 Å². The lowest BCUT2D eigenvalue weighted by Gasteiger charge is -2.27. The standard InChI is InChI=1S/C10H20O2/c1-2-7-12-8-9-5-3-4-6-10(9)11/h9-11H,2-8H2,1H3/t9-,10+/m0/s1. The van der Waals surface area contributed by atoms with E-state index < -0.39 is 0 Å². The first-order valence-electron chi connectivity index (χ1n) is 5.10. The molecule has 0 aliphatic heterocycles. The van der Waals surface area contributed by atoms with Gasteiger partial charge in [-0.3, -0.25) is 0 Å². The molecule has 0 saturated heterocycles. The van der Waals surface area contributed by atoms with E-state index in [4.69, 9.17) is 4.74 Å². The second-order valence-electron chi connectivity index (χ2n) is 3.69. The molecule has 0 heterocycles. The molecule has 12 heavy (non-hydrogen) atoms. The van der Waals surface area contributed by atoms with Crippen LogP contribution < -0.4 is 0 Å². The number of hydrogen-bond acceptors (Lipinski definition) is 2. The molecule has 2 nitrogen and oxygen atoms in total. The molecular formula is C10H20O2. The van der Waals surface area contributed by atoms with Crippen molar-refractivity contribution in [1.29, 1.82) is 0 Å². The van der Waals surface area contributed by atoms with Crippen LogP contribution in [0.25, 0.3) is 0 Å². The van der Waals surface area contributed by atoms with Crippen LogP contribution >= 0.6 is 0 Å². The normalized spacial score (nSPS) is 30.5. The van der Waals surface area contributed by atoms with Gasteiger partial charge in [-0.2, -0.15) is 0 Å². The SMILES string of the molecule is CCCOC[C@@H]1CCCC[C@H]1O. The summed E-state index contributed by atoms with van der Waals surface area (Å²) in [5, 5.41) is 9.59. The lowest BCUT2D eigenvalue weighted by molar-refractivity contribution is 0.00533. The highest BCUT2D eigenvalue weighted by molar-refractivity contribution is 4.73. The molecule has 0 unspecified atom stereocenters. The van der Waals surface area contributed by atoms with Gasteiger partial charge in [-0.05, 0) is 19.3 Å². The quantitative estimate of drug-likeness (QED) is 0.657.